The SMILES string of the molecule is COCCOc1cc(C(=O)Nc2ccnc(C(F)(F)F)c2)cc(-n2cc(N)cn2)c1. The van der Waals surface area contributed by atoms with Crippen molar-refractivity contribution in [2.24, 2.45) is 0 Å². The first-order chi connectivity index (χ1) is 14.3. The summed E-state index contributed by atoms with van der Waals surface area (Å²) in [4.78, 5) is 16.0. The van der Waals surface area contributed by atoms with Crippen LogP contribution in [0.3, 0.4) is 0 Å². The molecule has 11 heteroatoms. The number of methoxy groups -OCH3 is 1. The van der Waals surface area contributed by atoms with Crippen molar-refractivity contribution in [1.29, 1.82) is 0 Å². The van der Waals surface area contributed by atoms with Crippen LogP contribution in [0.1, 0.15) is 16.1 Å². The van der Waals surface area contributed by atoms with Gasteiger partial charge in [0.2, 0.25) is 0 Å². The number of carbonyl (C=O) groups is 1. The van der Waals surface area contributed by atoms with E-state index < -0.39 is 17.8 Å². The van der Waals surface area contributed by atoms with Crippen molar-refractivity contribution in [2.75, 3.05) is 31.4 Å². The number of nitrogens with two attached hydrogens (primary N) is 1. The van der Waals surface area contributed by atoms with Crippen LogP contribution in [0.4, 0.5) is 24.5 Å². The van der Waals surface area contributed by atoms with Crippen LogP contribution in [0.15, 0.2) is 48.9 Å². The Bertz CT molecular complexity index is 1040. The molecule has 1 aromatic carbocycles. The van der Waals surface area contributed by atoms with Gasteiger partial charge in [-0.05, 0) is 24.3 Å². The molecule has 3 rings (SSSR count). The third-order valence-electron chi connectivity index (χ3n) is 3.89. The van der Waals surface area contributed by atoms with Crippen LogP contribution in [0.25, 0.3) is 5.69 Å². The number of hydrogen-bond acceptors (Lipinski definition) is 6. The fourth-order valence-corrected chi connectivity index (χ4v) is 2.52. The lowest BCUT2D eigenvalue weighted by Crippen LogP contribution is -2.15. The van der Waals surface area contributed by atoms with Gasteiger partial charge in [0.05, 0.1) is 30.4 Å². The third kappa shape index (κ3) is 5.26. The minimum Gasteiger partial charge on any atom is -0.491 e. The highest BCUT2D eigenvalue weighted by atomic mass is 19.4. The van der Waals surface area contributed by atoms with Crippen LogP contribution in [0.2, 0.25) is 0 Å². The molecule has 0 atom stereocenters. The van der Waals surface area contributed by atoms with E-state index in [9.17, 15) is 18.0 Å². The molecule has 3 aromatic rings. The topological polar surface area (TPSA) is 104 Å². The second-order valence-electron chi connectivity index (χ2n) is 6.16. The molecule has 0 radical (unpaired) electrons. The molecule has 0 spiro atoms. The summed E-state index contributed by atoms with van der Waals surface area (Å²) in [5, 5.41) is 6.53. The highest BCUT2D eigenvalue weighted by Crippen LogP contribution is 2.29. The molecule has 2 heterocycles. The predicted octanol–water partition coefficient (Wildman–Crippen LogP) is 3.15. The number of carbonyl (C=O) groups excluding carboxylic acids is 1. The van der Waals surface area contributed by atoms with Gasteiger partial charge in [0, 0.05) is 30.6 Å². The summed E-state index contributed by atoms with van der Waals surface area (Å²) in [6, 6.07) is 6.64. The standard InChI is InChI=1S/C19H18F3N5O3/c1-29-4-5-30-16-7-12(6-15(9-16)27-11-13(23)10-25-27)18(28)26-14-2-3-24-17(8-14)19(20,21)22/h2-3,6-11H,4-5,23H2,1H3,(H,24,26,28). The van der Waals surface area contributed by atoms with Gasteiger partial charge in [-0.25, -0.2) is 4.68 Å². The number of ether oxygens (including phenoxy) is 2. The summed E-state index contributed by atoms with van der Waals surface area (Å²) in [5.74, 6) is -0.276. The van der Waals surface area contributed by atoms with E-state index in [-0.39, 0.29) is 17.9 Å². The molecule has 0 aliphatic heterocycles. The van der Waals surface area contributed by atoms with E-state index >= 15 is 0 Å². The zero-order chi connectivity index (χ0) is 21.7. The Balaban J connectivity index is 1.89. The van der Waals surface area contributed by atoms with Crippen LogP contribution >= 0.6 is 0 Å². The van der Waals surface area contributed by atoms with E-state index in [0.717, 1.165) is 12.3 Å². The maximum absolute atomic E-state index is 12.8. The van der Waals surface area contributed by atoms with Gasteiger partial charge in [-0.1, -0.05) is 0 Å². The lowest BCUT2D eigenvalue weighted by molar-refractivity contribution is -0.141. The number of alkyl halides is 3. The molecular formula is C19H18F3N5O3. The first-order valence-electron chi connectivity index (χ1n) is 8.68. The van der Waals surface area contributed by atoms with Gasteiger partial charge in [-0.3, -0.25) is 9.78 Å². The summed E-state index contributed by atoms with van der Waals surface area (Å²) in [6.07, 6.45) is -0.661. The van der Waals surface area contributed by atoms with Crippen molar-refractivity contribution >= 4 is 17.3 Å². The van der Waals surface area contributed by atoms with Crippen molar-refractivity contribution in [3.05, 3.63) is 60.2 Å². The summed E-state index contributed by atoms with van der Waals surface area (Å²) >= 11 is 0. The smallest absolute Gasteiger partial charge is 0.433 e. The van der Waals surface area contributed by atoms with Crippen molar-refractivity contribution in [2.45, 2.75) is 6.18 Å². The first-order valence-corrected chi connectivity index (χ1v) is 8.68. The minimum absolute atomic E-state index is 0.0436. The molecule has 0 unspecified atom stereocenters. The van der Waals surface area contributed by atoms with Crippen LogP contribution in [0, 0.1) is 0 Å². The number of nitrogens with one attached hydrogen (secondary N) is 1. The molecule has 158 valence electrons. The molecule has 0 saturated carbocycles. The Kier molecular flexibility index (Phi) is 6.21. The van der Waals surface area contributed by atoms with Crippen LogP contribution < -0.4 is 15.8 Å². The van der Waals surface area contributed by atoms with Gasteiger partial charge in [0.1, 0.15) is 18.1 Å². The number of pyridine rings is 1. The zero-order valence-corrected chi connectivity index (χ0v) is 15.8. The summed E-state index contributed by atoms with van der Waals surface area (Å²) in [5.41, 5.74) is 5.60. The Morgan fingerprint density at radius 3 is 2.70 bits per heavy atom. The molecule has 3 N–H and O–H groups in total. The van der Waals surface area contributed by atoms with Crippen molar-refractivity contribution in [3.8, 4) is 11.4 Å². The lowest BCUT2D eigenvalue weighted by Gasteiger charge is -2.12. The van der Waals surface area contributed by atoms with Crippen molar-refractivity contribution in [1.82, 2.24) is 14.8 Å². The Hall–Kier alpha value is -3.60. The Morgan fingerprint density at radius 1 is 1.23 bits per heavy atom. The molecule has 1 amide bonds. The lowest BCUT2D eigenvalue weighted by atomic mass is 10.1. The number of rotatable bonds is 7. The molecule has 0 aliphatic rings. The maximum atomic E-state index is 12.8. The van der Waals surface area contributed by atoms with E-state index in [4.69, 9.17) is 15.2 Å². The molecule has 0 fully saturated rings. The molecule has 30 heavy (non-hydrogen) atoms. The third-order valence-corrected chi connectivity index (χ3v) is 3.89. The highest BCUT2D eigenvalue weighted by Gasteiger charge is 2.32. The number of benzene rings is 1. The molecule has 8 nitrogen and oxygen atoms in total. The van der Waals surface area contributed by atoms with E-state index in [0.29, 0.717) is 23.7 Å². The Morgan fingerprint density at radius 2 is 2.03 bits per heavy atom. The van der Waals surface area contributed by atoms with Crippen LogP contribution in [-0.4, -0.2) is 41.0 Å². The molecule has 2 aromatic heterocycles. The highest BCUT2D eigenvalue weighted by molar-refractivity contribution is 6.04. The normalized spacial score (nSPS) is 11.3. The van der Waals surface area contributed by atoms with E-state index in [1.54, 1.807) is 12.3 Å². The van der Waals surface area contributed by atoms with E-state index in [1.165, 1.54) is 36.2 Å². The van der Waals surface area contributed by atoms with Gasteiger partial charge in [0.15, 0.2) is 0 Å². The first kappa shape index (κ1) is 21.1. The summed E-state index contributed by atoms with van der Waals surface area (Å²) in [6.45, 7) is 0.569. The molecule has 0 saturated heterocycles. The number of aromatic nitrogens is 3. The molecule has 0 aliphatic carbocycles. The number of hydrogen-bond donors (Lipinski definition) is 2. The number of anilines is 2. The minimum atomic E-state index is -4.62. The number of nitrogens with zero attached hydrogens (tertiary/aromatic N) is 3. The van der Waals surface area contributed by atoms with Crippen molar-refractivity contribution in [3.63, 3.8) is 0 Å². The summed E-state index contributed by atoms with van der Waals surface area (Å²) in [7, 11) is 1.52. The molecule has 0 bridgehead atoms. The van der Waals surface area contributed by atoms with Gasteiger partial charge < -0.3 is 20.5 Å². The van der Waals surface area contributed by atoms with Gasteiger partial charge in [-0.15, -0.1) is 0 Å². The van der Waals surface area contributed by atoms with Crippen molar-refractivity contribution < 1.29 is 27.4 Å². The van der Waals surface area contributed by atoms with E-state index in [1.807, 2.05) is 0 Å². The average Bonchev–Trinajstić information content (AvgIpc) is 3.14. The number of halogens is 3. The fraction of sp³-hybridized carbons (Fsp3) is 0.211. The largest absolute Gasteiger partial charge is 0.491 e. The molecular weight excluding hydrogens is 403 g/mol. The van der Waals surface area contributed by atoms with Gasteiger partial charge >= 0.3 is 6.18 Å². The zero-order valence-electron chi connectivity index (χ0n) is 15.8. The average molecular weight is 421 g/mol. The summed E-state index contributed by atoms with van der Waals surface area (Å²) < 4.78 is 50.5. The monoisotopic (exact) mass is 421 g/mol. The second-order valence-corrected chi connectivity index (χ2v) is 6.16. The fourth-order valence-electron chi connectivity index (χ4n) is 2.52. The van der Waals surface area contributed by atoms with Crippen LogP contribution in [-0.2, 0) is 10.9 Å². The van der Waals surface area contributed by atoms with E-state index in [2.05, 4.69) is 15.4 Å². The van der Waals surface area contributed by atoms with Gasteiger partial charge in [-0.2, -0.15) is 18.3 Å². The number of amides is 1. The Labute approximate surface area is 169 Å². The van der Waals surface area contributed by atoms with Gasteiger partial charge in [0.25, 0.3) is 5.91 Å². The quantitative estimate of drug-likeness (QED) is 0.568. The number of nitrogen functional groups attached to an aromatic ring is 1. The van der Waals surface area contributed by atoms with Crippen LogP contribution in [0.5, 0.6) is 5.75 Å². The maximum Gasteiger partial charge on any atom is 0.433 e. The predicted molar refractivity (Wildman–Crippen MR) is 103 cm³/mol. The second kappa shape index (κ2) is 8.82.